The van der Waals surface area contributed by atoms with Crippen LogP contribution < -0.4 is 10.1 Å². The van der Waals surface area contributed by atoms with Gasteiger partial charge >= 0.3 is 5.69 Å². The number of hydrogen-bond donors (Lipinski definition) is 1. The first-order chi connectivity index (χ1) is 10.6. The van der Waals surface area contributed by atoms with Gasteiger partial charge in [0.25, 0.3) is 0 Å². The molecule has 0 radical (unpaired) electrons. The smallest absolute Gasteiger partial charge is 0.313 e. The lowest BCUT2D eigenvalue weighted by molar-refractivity contribution is -0.385. The number of nitro groups is 1. The molecule has 1 aromatic carbocycles. The minimum absolute atomic E-state index is 0.0302. The normalized spacial score (nSPS) is 15.4. The summed E-state index contributed by atoms with van der Waals surface area (Å²) in [5.74, 6) is -0.232. The molecule has 2 aromatic rings. The van der Waals surface area contributed by atoms with Crippen LogP contribution in [-0.4, -0.2) is 17.0 Å². The van der Waals surface area contributed by atoms with Crippen molar-refractivity contribution >= 4 is 22.7 Å². The van der Waals surface area contributed by atoms with Crippen LogP contribution in [0.25, 0.3) is 0 Å². The summed E-state index contributed by atoms with van der Waals surface area (Å²) in [4.78, 5) is 14.5. The van der Waals surface area contributed by atoms with Gasteiger partial charge in [-0.3, -0.25) is 10.1 Å². The second kappa shape index (κ2) is 5.88. The summed E-state index contributed by atoms with van der Waals surface area (Å²) >= 11 is 1.51. The molecule has 1 N–H and O–H groups in total. The first-order valence-corrected chi connectivity index (χ1v) is 7.66. The molecule has 116 valence electrons. The van der Waals surface area contributed by atoms with E-state index in [0.717, 1.165) is 23.9 Å². The summed E-state index contributed by atoms with van der Waals surface area (Å²) in [5, 5.41) is 16.8. The Bertz CT molecular complexity index is 689. The molecule has 0 unspecified atom stereocenters. The number of benzene rings is 1. The van der Waals surface area contributed by atoms with Crippen molar-refractivity contribution in [2.75, 3.05) is 12.4 Å². The number of nitro benzene ring substituents is 1. The molecule has 1 aliphatic rings. The van der Waals surface area contributed by atoms with Gasteiger partial charge < -0.3 is 10.1 Å². The molecule has 1 fully saturated rings. The van der Waals surface area contributed by atoms with E-state index in [1.807, 2.05) is 5.38 Å². The van der Waals surface area contributed by atoms with Crippen LogP contribution in [0.4, 0.5) is 15.8 Å². The van der Waals surface area contributed by atoms with E-state index in [9.17, 15) is 14.5 Å². The van der Waals surface area contributed by atoms with Crippen molar-refractivity contribution in [3.05, 3.63) is 44.6 Å². The Morgan fingerprint density at radius 3 is 2.86 bits per heavy atom. The van der Waals surface area contributed by atoms with Crippen molar-refractivity contribution in [1.82, 2.24) is 4.98 Å². The Morgan fingerprint density at radius 1 is 1.55 bits per heavy atom. The number of anilines is 1. The van der Waals surface area contributed by atoms with E-state index in [0.29, 0.717) is 5.92 Å². The van der Waals surface area contributed by atoms with Gasteiger partial charge in [0.05, 0.1) is 29.8 Å². The highest BCUT2D eigenvalue weighted by molar-refractivity contribution is 7.09. The van der Waals surface area contributed by atoms with Crippen LogP contribution in [0, 0.1) is 21.8 Å². The fraction of sp³-hybridized carbons (Fsp3) is 0.357. The molecule has 1 aromatic heterocycles. The van der Waals surface area contributed by atoms with Crippen molar-refractivity contribution in [3.8, 4) is 5.75 Å². The zero-order valence-corrected chi connectivity index (χ0v) is 12.6. The minimum Gasteiger partial charge on any atom is -0.490 e. The maximum atomic E-state index is 14.2. The van der Waals surface area contributed by atoms with E-state index in [4.69, 9.17) is 4.74 Å². The molecule has 1 aliphatic carbocycles. The molecule has 8 heteroatoms. The molecule has 6 nitrogen and oxygen atoms in total. The molecule has 1 heterocycles. The predicted molar refractivity (Wildman–Crippen MR) is 80.8 cm³/mol. The van der Waals surface area contributed by atoms with Crippen molar-refractivity contribution in [2.24, 2.45) is 5.92 Å². The van der Waals surface area contributed by atoms with E-state index in [1.54, 1.807) is 6.20 Å². The van der Waals surface area contributed by atoms with Crippen LogP contribution in [0.15, 0.2) is 23.7 Å². The van der Waals surface area contributed by atoms with Gasteiger partial charge in [-0.25, -0.2) is 9.37 Å². The van der Waals surface area contributed by atoms with Gasteiger partial charge in [0.2, 0.25) is 0 Å². The molecule has 0 spiro atoms. The number of ether oxygens (including phenoxy) is 1. The molecule has 0 bridgehead atoms. The lowest BCUT2D eigenvalue weighted by atomic mass is 10.1. The largest absolute Gasteiger partial charge is 0.490 e. The third-order valence-electron chi connectivity index (χ3n) is 3.59. The second-order valence-corrected chi connectivity index (χ2v) is 6.02. The molecular weight excluding hydrogens is 309 g/mol. The monoisotopic (exact) mass is 323 g/mol. The van der Waals surface area contributed by atoms with Crippen LogP contribution >= 0.6 is 11.3 Å². The molecule has 1 atom stereocenters. The second-order valence-electron chi connectivity index (χ2n) is 5.09. The number of methoxy groups -OCH3 is 1. The summed E-state index contributed by atoms with van der Waals surface area (Å²) in [6.45, 7) is 0. The quantitative estimate of drug-likeness (QED) is 0.647. The third-order valence-corrected chi connectivity index (χ3v) is 4.45. The number of nitrogens with one attached hydrogen (secondary N) is 1. The maximum absolute atomic E-state index is 14.2. The molecular formula is C14H14FN3O3S. The zero-order valence-electron chi connectivity index (χ0n) is 11.8. The van der Waals surface area contributed by atoms with Crippen LogP contribution in [0.3, 0.4) is 0 Å². The summed E-state index contributed by atoms with van der Waals surface area (Å²) in [6.07, 6.45) is 3.83. The van der Waals surface area contributed by atoms with Gasteiger partial charge in [0, 0.05) is 17.6 Å². The van der Waals surface area contributed by atoms with Gasteiger partial charge in [-0.1, -0.05) is 0 Å². The van der Waals surface area contributed by atoms with Crippen molar-refractivity contribution in [1.29, 1.82) is 0 Å². The predicted octanol–water partition coefficient (Wildman–Crippen LogP) is 3.76. The Morgan fingerprint density at radius 2 is 2.32 bits per heavy atom. The first-order valence-electron chi connectivity index (χ1n) is 6.78. The van der Waals surface area contributed by atoms with Gasteiger partial charge in [0.1, 0.15) is 5.01 Å². The highest BCUT2D eigenvalue weighted by Crippen LogP contribution is 2.44. The maximum Gasteiger partial charge on any atom is 0.313 e. The summed E-state index contributed by atoms with van der Waals surface area (Å²) < 4.78 is 19.2. The topological polar surface area (TPSA) is 77.3 Å². The molecule has 22 heavy (non-hydrogen) atoms. The molecule has 0 aliphatic heterocycles. The zero-order chi connectivity index (χ0) is 15.7. The van der Waals surface area contributed by atoms with Crippen LogP contribution in [0.2, 0.25) is 0 Å². The number of thiazole rings is 1. The van der Waals surface area contributed by atoms with Crippen molar-refractivity contribution in [2.45, 2.75) is 18.9 Å². The molecule has 0 amide bonds. The fourth-order valence-corrected chi connectivity index (χ4v) is 3.11. The van der Waals surface area contributed by atoms with Gasteiger partial charge in [-0.2, -0.15) is 0 Å². The van der Waals surface area contributed by atoms with E-state index in [-0.39, 0.29) is 23.2 Å². The van der Waals surface area contributed by atoms with Gasteiger partial charge in [-0.05, 0) is 18.8 Å². The highest BCUT2D eigenvalue weighted by Gasteiger charge is 2.34. The number of hydrogen-bond acceptors (Lipinski definition) is 6. The molecule has 1 saturated carbocycles. The van der Waals surface area contributed by atoms with Crippen LogP contribution in [-0.2, 0) is 0 Å². The third kappa shape index (κ3) is 2.87. The van der Waals surface area contributed by atoms with E-state index >= 15 is 0 Å². The summed E-state index contributed by atoms with van der Waals surface area (Å²) in [7, 11) is 1.32. The Balaban J connectivity index is 1.92. The van der Waals surface area contributed by atoms with Crippen molar-refractivity contribution in [3.63, 3.8) is 0 Å². The number of rotatable bonds is 6. The number of halogens is 1. The number of nitrogens with zero attached hydrogens (tertiary/aromatic N) is 2. The lowest BCUT2D eigenvalue weighted by Gasteiger charge is -2.18. The van der Waals surface area contributed by atoms with E-state index < -0.39 is 10.7 Å². The molecule has 3 rings (SSSR count). The Kier molecular flexibility index (Phi) is 3.93. The van der Waals surface area contributed by atoms with E-state index in [1.165, 1.54) is 24.5 Å². The average molecular weight is 323 g/mol. The van der Waals surface area contributed by atoms with Gasteiger partial charge in [0.15, 0.2) is 11.6 Å². The first kappa shape index (κ1) is 14.7. The average Bonchev–Trinajstić information content (AvgIpc) is 3.19. The molecule has 0 saturated heterocycles. The van der Waals surface area contributed by atoms with Gasteiger partial charge in [-0.15, -0.1) is 11.3 Å². The van der Waals surface area contributed by atoms with E-state index in [2.05, 4.69) is 10.3 Å². The van der Waals surface area contributed by atoms with Crippen molar-refractivity contribution < 1.29 is 14.1 Å². The Hall–Kier alpha value is -2.22. The highest BCUT2D eigenvalue weighted by atomic mass is 32.1. The van der Waals surface area contributed by atoms with Crippen LogP contribution in [0.5, 0.6) is 5.75 Å². The standard InChI is InChI=1S/C14H14FN3O3S/c1-21-12-7-10(9(15)6-11(12)18(19)20)17-13(8-2-3-8)14-16-4-5-22-14/h4-8,13,17H,2-3H2,1H3/t13-/m1/s1. The SMILES string of the molecule is COc1cc(N[C@@H](c2nccs2)C2CC2)c(F)cc1[N+](=O)[O-]. The minimum atomic E-state index is -0.672. The summed E-state index contributed by atoms with van der Waals surface area (Å²) in [6, 6.07) is 2.13. The number of aromatic nitrogens is 1. The lowest BCUT2D eigenvalue weighted by Crippen LogP contribution is -2.14. The Labute approximate surface area is 130 Å². The summed E-state index contributed by atoms with van der Waals surface area (Å²) in [5.41, 5.74) is -0.197. The fourth-order valence-electron chi connectivity index (χ4n) is 2.33. The van der Waals surface area contributed by atoms with Crippen LogP contribution in [0.1, 0.15) is 23.9 Å².